The lowest BCUT2D eigenvalue weighted by Crippen LogP contribution is -2.14. The highest BCUT2D eigenvalue weighted by molar-refractivity contribution is 5.92. The van der Waals surface area contributed by atoms with E-state index >= 15 is 0 Å². The number of fused-ring (bicyclic) bond motifs is 1. The molecule has 1 N–H and O–H groups in total. The second-order valence-electron chi connectivity index (χ2n) is 3.36. The molecule has 0 bridgehead atoms. The van der Waals surface area contributed by atoms with Crippen molar-refractivity contribution in [1.82, 2.24) is 4.98 Å². The molecule has 0 saturated heterocycles. The van der Waals surface area contributed by atoms with Crippen LogP contribution in [0.5, 0.6) is 0 Å². The Balaban J connectivity index is 2.78. The number of aromatic nitrogens is 1. The van der Waals surface area contributed by atoms with E-state index in [0.717, 1.165) is 19.2 Å². The van der Waals surface area contributed by atoms with Crippen molar-refractivity contribution in [3.05, 3.63) is 45.9 Å². The Morgan fingerprint density at radius 1 is 1.24 bits per heavy atom. The second-order valence-corrected chi connectivity index (χ2v) is 3.36. The number of halogens is 2. The number of H-pyrrole nitrogens is 1. The Hall–Kier alpha value is -2.24. The van der Waals surface area contributed by atoms with E-state index in [4.69, 9.17) is 0 Å². The summed E-state index contributed by atoms with van der Waals surface area (Å²) in [5.41, 5.74) is -0.794. The number of esters is 1. The molecule has 0 fully saturated rings. The Labute approximate surface area is 93.8 Å². The fourth-order valence-electron chi connectivity index (χ4n) is 1.48. The van der Waals surface area contributed by atoms with Crippen LogP contribution in [0.1, 0.15) is 10.5 Å². The zero-order valence-corrected chi connectivity index (χ0v) is 8.71. The van der Waals surface area contributed by atoms with E-state index in [2.05, 4.69) is 9.72 Å². The van der Waals surface area contributed by atoms with Gasteiger partial charge in [0, 0.05) is 0 Å². The Kier molecular flexibility index (Phi) is 2.63. The molecule has 17 heavy (non-hydrogen) atoms. The van der Waals surface area contributed by atoms with Crippen LogP contribution in [-0.2, 0) is 4.74 Å². The van der Waals surface area contributed by atoms with Gasteiger partial charge in [0.2, 0.25) is 0 Å². The van der Waals surface area contributed by atoms with Crippen LogP contribution in [0, 0.1) is 11.6 Å². The third kappa shape index (κ3) is 1.89. The highest BCUT2D eigenvalue weighted by Crippen LogP contribution is 2.16. The summed E-state index contributed by atoms with van der Waals surface area (Å²) in [6.45, 7) is 0. The third-order valence-electron chi connectivity index (χ3n) is 2.29. The first-order valence-corrected chi connectivity index (χ1v) is 4.63. The molecule has 0 aliphatic carbocycles. The molecule has 88 valence electrons. The molecule has 0 aliphatic heterocycles. The molecule has 2 aromatic rings. The van der Waals surface area contributed by atoms with Gasteiger partial charge in [0.05, 0.1) is 12.5 Å². The topological polar surface area (TPSA) is 59.2 Å². The first-order valence-electron chi connectivity index (χ1n) is 4.63. The molecule has 0 radical (unpaired) electrons. The summed E-state index contributed by atoms with van der Waals surface area (Å²) in [5, 5.41) is 0.101. The summed E-state index contributed by atoms with van der Waals surface area (Å²) in [6, 6.07) is 2.86. The first-order chi connectivity index (χ1) is 8.02. The molecule has 0 aliphatic rings. The highest BCUT2D eigenvalue weighted by Gasteiger charge is 2.12. The molecule has 0 saturated carbocycles. The smallest absolute Gasteiger partial charge is 0.354 e. The predicted molar refractivity (Wildman–Crippen MR) is 55.8 cm³/mol. The van der Waals surface area contributed by atoms with Crippen molar-refractivity contribution in [2.45, 2.75) is 0 Å². The van der Waals surface area contributed by atoms with Gasteiger partial charge in [-0.2, -0.15) is 0 Å². The van der Waals surface area contributed by atoms with Crippen LogP contribution in [0.2, 0.25) is 0 Å². The normalized spacial score (nSPS) is 10.5. The summed E-state index contributed by atoms with van der Waals surface area (Å²) >= 11 is 0. The van der Waals surface area contributed by atoms with E-state index in [0.29, 0.717) is 0 Å². The quantitative estimate of drug-likeness (QED) is 0.769. The minimum Gasteiger partial charge on any atom is -0.464 e. The van der Waals surface area contributed by atoms with Gasteiger partial charge in [-0.1, -0.05) is 0 Å². The van der Waals surface area contributed by atoms with Crippen LogP contribution < -0.4 is 5.56 Å². The number of hydrogen-bond acceptors (Lipinski definition) is 3. The number of rotatable bonds is 1. The Morgan fingerprint density at radius 2 is 1.88 bits per heavy atom. The standard InChI is InChI=1S/C11H7F2NO3/c1-17-11(16)9-3-5-2-7(12)8(13)4-6(5)10(15)14-9/h2-4H,1H3,(H,14,15). The molecule has 0 amide bonds. The average Bonchev–Trinajstić information content (AvgIpc) is 2.30. The number of hydrogen-bond donors (Lipinski definition) is 1. The summed E-state index contributed by atoms with van der Waals surface area (Å²) in [5.74, 6) is -2.96. The summed E-state index contributed by atoms with van der Waals surface area (Å²) in [7, 11) is 1.15. The Bertz CT molecular complexity index is 664. The van der Waals surface area contributed by atoms with Gasteiger partial charge in [-0.15, -0.1) is 0 Å². The molecule has 6 heteroatoms. The number of aromatic amines is 1. The van der Waals surface area contributed by atoms with E-state index < -0.39 is 23.2 Å². The molecule has 4 nitrogen and oxygen atoms in total. The maximum absolute atomic E-state index is 13.0. The number of nitrogens with one attached hydrogen (secondary N) is 1. The van der Waals surface area contributed by atoms with Crippen molar-refractivity contribution >= 4 is 16.7 Å². The van der Waals surface area contributed by atoms with Crippen LogP contribution in [0.3, 0.4) is 0 Å². The molecule has 1 heterocycles. The van der Waals surface area contributed by atoms with E-state index in [-0.39, 0.29) is 16.5 Å². The van der Waals surface area contributed by atoms with Crippen molar-refractivity contribution < 1.29 is 18.3 Å². The second kappa shape index (κ2) is 3.97. The first kappa shape index (κ1) is 11.3. The maximum Gasteiger partial charge on any atom is 0.354 e. The monoisotopic (exact) mass is 239 g/mol. The fourth-order valence-corrected chi connectivity index (χ4v) is 1.48. The van der Waals surface area contributed by atoms with Crippen LogP contribution in [0.15, 0.2) is 23.0 Å². The molecule has 0 atom stereocenters. The largest absolute Gasteiger partial charge is 0.464 e. The van der Waals surface area contributed by atoms with Crippen molar-refractivity contribution in [2.24, 2.45) is 0 Å². The van der Waals surface area contributed by atoms with Crippen LogP contribution >= 0.6 is 0 Å². The zero-order chi connectivity index (χ0) is 12.6. The van der Waals surface area contributed by atoms with E-state index in [9.17, 15) is 18.4 Å². The molecular weight excluding hydrogens is 232 g/mol. The number of benzene rings is 1. The SMILES string of the molecule is COC(=O)c1cc2cc(F)c(F)cc2c(=O)[nH]1. The number of carbonyl (C=O) groups is 1. The highest BCUT2D eigenvalue weighted by atomic mass is 19.2. The van der Waals surface area contributed by atoms with Gasteiger partial charge < -0.3 is 9.72 Å². The molecular formula is C11H7F2NO3. The summed E-state index contributed by atoms with van der Waals surface area (Å²) in [6.07, 6.45) is 0. The molecule has 1 aromatic heterocycles. The number of methoxy groups -OCH3 is 1. The zero-order valence-electron chi connectivity index (χ0n) is 8.71. The maximum atomic E-state index is 13.0. The van der Waals surface area contributed by atoms with Gasteiger partial charge in [0.25, 0.3) is 5.56 Å². The summed E-state index contributed by atoms with van der Waals surface area (Å²) in [4.78, 5) is 25.0. The van der Waals surface area contributed by atoms with Crippen molar-refractivity contribution in [1.29, 1.82) is 0 Å². The lowest BCUT2D eigenvalue weighted by molar-refractivity contribution is 0.0594. The molecule has 1 aromatic carbocycles. The van der Waals surface area contributed by atoms with Gasteiger partial charge in [0.1, 0.15) is 5.69 Å². The molecule has 0 spiro atoms. The number of carbonyl (C=O) groups excluding carboxylic acids is 1. The minimum atomic E-state index is -1.12. The average molecular weight is 239 g/mol. The predicted octanol–water partition coefficient (Wildman–Crippen LogP) is 1.59. The minimum absolute atomic E-state index is 0.0310. The van der Waals surface area contributed by atoms with Crippen LogP contribution in [0.25, 0.3) is 10.8 Å². The van der Waals surface area contributed by atoms with Crippen LogP contribution in [0.4, 0.5) is 8.78 Å². The van der Waals surface area contributed by atoms with Gasteiger partial charge in [0.15, 0.2) is 11.6 Å². The van der Waals surface area contributed by atoms with E-state index in [1.165, 1.54) is 6.07 Å². The number of pyridine rings is 1. The third-order valence-corrected chi connectivity index (χ3v) is 2.29. The van der Waals surface area contributed by atoms with Crippen LogP contribution in [-0.4, -0.2) is 18.1 Å². The van der Waals surface area contributed by atoms with E-state index in [1.807, 2.05) is 0 Å². The lowest BCUT2D eigenvalue weighted by atomic mass is 10.1. The fraction of sp³-hybridized carbons (Fsp3) is 0.0909. The van der Waals surface area contributed by atoms with Gasteiger partial charge in [-0.05, 0) is 23.6 Å². The molecule has 2 rings (SSSR count). The van der Waals surface area contributed by atoms with Gasteiger partial charge >= 0.3 is 5.97 Å². The molecule has 0 unspecified atom stereocenters. The number of ether oxygens (including phenoxy) is 1. The Morgan fingerprint density at radius 3 is 2.53 bits per heavy atom. The lowest BCUT2D eigenvalue weighted by Gasteiger charge is -2.02. The van der Waals surface area contributed by atoms with Crippen molar-refractivity contribution in [3.63, 3.8) is 0 Å². The van der Waals surface area contributed by atoms with Gasteiger partial charge in [-0.3, -0.25) is 4.79 Å². The van der Waals surface area contributed by atoms with Crippen molar-refractivity contribution in [2.75, 3.05) is 7.11 Å². The van der Waals surface area contributed by atoms with Gasteiger partial charge in [-0.25, -0.2) is 13.6 Å². The summed E-state index contributed by atoms with van der Waals surface area (Å²) < 4.78 is 30.3. The van der Waals surface area contributed by atoms with Crippen molar-refractivity contribution in [3.8, 4) is 0 Å². The van der Waals surface area contributed by atoms with E-state index in [1.54, 1.807) is 0 Å².